The van der Waals surface area contributed by atoms with Crippen LogP contribution in [0.2, 0.25) is 0 Å². The maximum Gasteiger partial charge on any atom is 0.219 e. The van der Waals surface area contributed by atoms with Crippen molar-refractivity contribution in [2.45, 2.75) is 19.9 Å². The highest BCUT2D eigenvalue weighted by atomic mass is 35.5. The highest BCUT2D eigenvalue weighted by molar-refractivity contribution is 5.91. The summed E-state index contributed by atoms with van der Waals surface area (Å²) >= 11 is 0. The van der Waals surface area contributed by atoms with Gasteiger partial charge in [0.15, 0.2) is 5.82 Å². The van der Waals surface area contributed by atoms with Gasteiger partial charge in [0.2, 0.25) is 5.88 Å². The predicted molar refractivity (Wildman–Crippen MR) is 118 cm³/mol. The molecule has 0 saturated heterocycles. The van der Waals surface area contributed by atoms with Crippen LogP contribution in [0.5, 0.6) is 17.4 Å². The minimum atomic E-state index is 0. The molecular formula is C21H27ClN8O2. The molecule has 3 aromatic heterocycles. The zero-order chi connectivity index (χ0) is 21.6. The van der Waals surface area contributed by atoms with E-state index in [2.05, 4.69) is 49.6 Å². The van der Waals surface area contributed by atoms with E-state index in [-0.39, 0.29) is 13.8 Å². The molecule has 0 atom stereocenters. The summed E-state index contributed by atoms with van der Waals surface area (Å²) in [6, 6.07) is 9.77. The first-order valence-electron chi connectivity index (χ1n) is 10.0. The van der Waals surface area contributed by atoms with Gasteiger partial charge in [-0.2, -0.15) is 9.90 Å². The lowest BCUT2D eigenvalue weighted by molar-refractivity contribution is -0.683. The van der Waals surface area contributed by atoms with E-state index in [0.717, 1.165) is 17.4 Å². The minimum absolute atomic E-state index is 0. The van der Waals surface area contributed by atoms with Crippen molar-refractivity contribution in [1.29, 1.82) is 0 Å². The van der Waals surface area contributed by atoms with E-state index in [1.165, 1.54) is 11.1 Å². The van der Waals surface area contributed by atoms with E-state index in [1.807, 2.05) is 24.3 Å². The van der Waals surface area contributed by atoms with Crippen molar-refractivity contribution < 1.29 is 28.6 Å². The third-order valence-electron chi connectivity index (χ3n) is 4.41. The molecule has 3 N–H and O–H groups in total. The number of ether oxygens (including phenoxy) is 2. The fraction of sp³-hybridized carbons (Fsp3) is 0.286. The smallest absolute Gasteiger partial charge is 0.219 e. The van der Waals surface area contributed by atoms with Gasteiger partial charge in [0.1, 0.15) is 36.8 Å². The molecule has 0 aliphatic heterocycles. The fourth-order valence-electron chi connectivity index (χ4n) is 2.93. The summed E-state index contributed by atoms with van der Waals surface area (Å²) in [7, 11) is 1.75. The molecule has 11 heteroatoms. The van der Waals surface area contributed by atoms with Crippen LogP contribution in [0.3, 0.4) is 0 Å². The molecule has 3 heterocycles. The summed E-state index contributed by atoms with van der Waals surface area (Å²) in [6.45, 7) is 5.84. The van der Waals surface area contributed by atoms with Gasteiger partial charge in [-0.05, 0) is 38.1 Å². The van der Waals surface area contributed by atoms with E-state index in [0.29, 0.717) is 41.7 Å². The largest absolute Gasteiger partial charge is 1.00 e. The molecule has 0 bridgehead atoms. The minimum Gasteiger partial charge on any atom is -1.00 e. The maximum absolute atomic E-state index is 5.92. The van der Waals surface area contributed by atoms with Gasteiger partial charge in [-0.1, -0.05) is 0 Å². The molecule has 0 aliphatic rings. The Hall–Kier alpha value is -3.50. The summed E-state index contributed by atoms with van der Waals surface area (Å²) in [5.74, 6) is 3.02. The number of benzene rings is 1. The molecule has 1 aromatic carbocycles. The Bertz CT molecular complexity index is 1160. The Balaban J connectivity index is 0.00000193. The molecule has 170 valence electrons. The van der Waals surface area contributed by atoms with Crippen LogP contribution in [0.15, 0.2) is 49.1 Å². The lowest BCUT2D eigenvalue weighted by Crippen LogP contribution is -3.00. The summed E-state index contributed by atoms with van der Waals surface area (Å²) in [4.78, 5) is 14.4. The number of aryl methyl sites for hydroxylation is 1. The van der Waals surface area contributed by atoms with Crippen molar-refractivity contribution in [3.05, 3.63) is 49.1 Å². The van der Waals surface area contributed by atoms with Gasteiger partial charge in [0, 0.05) is 19.9 Å². The van der Waals surface area contributed by atoms with Crippen molar-refractivity contribution in [2.75, 3.05) is 18.5 Å². The second-order valence-corrected chi connectivity index (χ2v) is 7.30. The summed E-state index contributed by atoms with van der Waals surface area (Å²) in [5.41, 5.74) is 0.781. The monoisotopic (exact) mass is 458 g/mol. The normalized spacial score (nSPS) is 10.8. The number of halogens is 1. The molecule has 4 rings (SSSR count). The number of hydrogen-bond acceptors (Lipinski definition) is 8. The highest BCUT2D eigenvalue weighted by Gasteiger charge is 2.09. The maximum atomic E-state index is 5.92. The average Bonchev–Trinajstić information content (AvgIpc) is 3.17. The van der Waals surface area contributed by atoms with Crippen LogP contribution < -0.4 is 32.5 Å². The first-order valence-corrected chi connectivity index (χ1v) is 10.0. The van der Waals surface area contributed by atoms with Crippen molar-refractivity contribution in [3.63, 3.8) is 0 Å². The van der Waals surface area contributed by atoms with Gasteiger partial charge in [-0.3, -0.25) is 0 Å². The molecule has 32 heavy (non-hydrogen) atoms. The molecule has 0 saturated carbocycles. The van der Waals surface area contributed by atoms with E-state index in [4.69, 9.17) is 9.47 Å². The average molecular weight is 459 g/mol. The van der Waals surface area contributed by atoms with Gasteiger partial charge < -0.3 is 32.5 Å². The molecule has 0 radical (unpaired) electrons. The van der Waals surface area contributed by atoms with Gasteiger partial charge in [-0.15, -0.1) is 5.10 Å². The zero-order valence-corrected chi connectivity index (χ0v) is 18.8. The molecule has 0 aliphatic carbocycles. The van der Waals surface area contributed by atoms with Crippen molar-refractivity contribution in [3.8, 4) is 17.4 Å². The van der Waals surface area contributed by atoms with Crippen LogP contribution in [0.1, 0.15) is 15.3 Å². The van der Waals surface area contributed by atoms with Crippen molar-refractivity contribution >= 4 is 22.5 Å². The van der Waals surface area contributed by atoms with E-state index < -0.39 is 0 Å². The lowest BCUT2D eigenvalue weighted by atomic mass is 10.2. The van der Waals surface area contributed by atoms with Crippen LogP contribution in [0, 0.1) is 0 Å². The summed E-state index contributed by atoms with van der Waals surface area (Å²) in [5, 5.41) is 14.5. The van der Waals surface area contributed by atoms with Crippen molar-refractivity contribution in [1.82, 2.24) is 29.9 Å². The SMILES string of the molecule is CC(C)[NH2+]CCOc1ccc(Oc2ccc3ncnc(Nc4cnn(C)n4)c3c2)nc1.[Cl-].[HH]. The molecule has 4 aromatic rings. The number of nitrogens with two attached hydrogens (primary N) is 1. The number of quaternary nitrogens is 1. The van der Waals surface area contributed by atoms with Crippen LogP contribution in [0.25, 0.3) is 10.9 Å². The van der Waals surface area contributed by atoms with Crippen LogP contribution in [0.4, 0.5) is 11.6 Å². The first-order chi connectivity index (χ1) is 15.1. The number of rotatable bonds is 9. The van der Waals surface area contributed by atoms with Crippen LogP contribution in [-0.2, 0) is 7.05 Å². The molecule has 0 fully saturated rings. The third-order valence-corrected chi connectivity index (χ3v) is 4.41. The third kappa shape index (κ3) is 6.02. The molecule has 0 amide bonds. The molecule has 0 spiro atoms. The van der Waals surface area contributed by atoms with E-state index in [1.54, 1.807) is 25.5 Å². The first kappa shape index (κ1) is 23.2. The Morgan fingerprint density at radius 1 is 1.09 bits per heavy atom. The second-order valence-electron chi connectivity index (χ2n) is 7.30. The van der Waals surface area contributed by atoms with Gasteiger partial charge >= 0.3 is 0 Å². The fourth-order valence-corrected chi connectivity index (χ4v) is 2.93. The quantitative estimate of drug-likeness (QED) is 0.316. The Morgan fingerprint density at radius 2 is 1.94 bits per heavy atom. The van der Waals surface area contributed by atoms with Crippen LogP contribution >= 0.6 is 0 Å². The van der Waals surface area contributed by atoms with Gasteiger partial charge in [0.05, 0.1) is 24.0 Å². The molecule has 10 nitrogen and oxygen atoms in total. The standard InChI is InChI=1S/C21H24N8O2.ClH.H2/c1-14(2)22-8-9-30-16-5-7-20(23-11-16)31-15-4-6-18-17(10-15)21(25-13-24-18)27-19-12-26-29(3)28-19;;/h4-7,10-14,22H,8-9H2,1-3H3,(H,24,25,27,28);2*1H. The number of anilines is 2. The second kappa shape index (κ2) is 10.7. The van der Waals surface area contributed by atoms with E-state index >= 15 is 0 Å². The lowest BCUT2D eigenvalue weighted by Gasteiger charge is -2.10. The number of nitrogens with one attached hydrogen (secondary N) is 1. The van der Waals surface area contributed by atoms with Crippen LogP contribution in [-0.4, -0.2) is 49.1 Å². The number of hydrogen-bond donors (Lipinski definition) is 2. The Morgan fingerprint density at radius 3 is 2.66 bits per heavy atom. The topological polar surface area (TPSA) is 116 Å². The van der Waals surface area contributed by atoms with Gasteiger partial charge in [-0.25, -0.2) is 15.0 Å². The summed E-state index contributed by atoms with van der Waals surface area (Å²) < 4.78 is 11.6. The Kier molecular flexibility index (Phi) is 7.74. The van der Waals surface area contributed by atoms with Crippen molar-refractivity contribution in [2.24, 2.45) is 7.05 Å². The van der Waals surface area contributed by atoms with E-state index in [9.17, 15) is 0 Å². The molecular weight excluding hydrogens is 432 g/mol. The Labute approximate surface area is 193 Å². The van der Waals surface area contributed by atoms with Gasteiger partial charge in [0.25, 0.3) is 0 Å². The number of nitrogens with zero attached hydrogens (tertiary/aromatic N) is 6. The zero-order valence-electron chi connectivity index (χ0n) is 18.1. The number of pyridine rings is 1. The highest BCUT2D eigenvalue weighted by Crippen LogP contribution is 2.28. The summed E-state index contributed by atoms with van der Waals surface area (Å²) in [6.07, 6.45) is 4.79. The number of aromatic nitrogens is 6. The predicted octanol–water partition coefficient (Wildman–Crippen LogP) is -0.710. The molecule has 0 unspecified atom stereocenters. The number of fused-ring (bicyclic) bond motifs is 1.